The molecule has 0 bridgehead atoms. The van der Waals surface area contributed by atoms with E-state index in [1.807, 2.05) is 66.7 Å². The Morgan fingerprint density at radius 2 is 1.42 bits per heavy atom. The zero-order valence-corrected chi connectivity index (χ0v) is 14.9. The first-order chi connectivity index (χ1) is 12.8. The fourth-order valence-corrected chi connectivity index (χ4v) is 2.59. The molecule has 3 aromatic rings. The Morgan fingerprint density at radius 1 is 0.731 bits per heavy atom. The quantitative estimate of drug-likeness (QED) is 0.545. The minimum atomic E-state index is 0.559. The van der Waals surface area contributed by atoms with Gasteiger partial charge >= 0.3 is 0 Å². The summed E-state index contributed by atoms with van der Waals surface area (Å²) in [5, 5.41) is 6.81. The molecule has 0 aliphatic carbocycles. The number of nitrogens with one attached hydrogen (secondary N) is 2. The zero-order chi connectivity index (χ0) is 18.0. The molecule has 2 N–H and O–H groups in total. The van der Waals surface area contributed by atoms with E-state index in [1.165, 1.54) is 0 Å². The van der Waals surface area contributed by atoms with Crippen molar-refractivity contribution in [1.29, 1.82) is 0 Å². The van der Waals surface area contributed by atoms with Crippen molar-refractivity contribution < 1.29 is 9.47 Å². The summed E-state index contributed by atoms with van der Waals surface area (Å²) in [4.78, 5) is 0. The first kappa shape index (κ1) is 17.7. The number of anilines is 2. The van der Waals surface area contributed by atoms with E-state index in [0.29, 0.717) is 6.61 Å². The van der Waals surface area contributed by atoms with Crippen LogP contribution in [0.2, 0.25) is 0 Å². The maximum Gasteiger partial charge on any atom is 0.142 e. The minimum Gasteiger partial charge on any atom is -0.497 e. The molecule has 0 amide bonds. The highest BCUT2D eigenvalue weighted by atomic mass is 16.5. The average Bonchev–Trinajstić information content (AvgIpc) is 2.71. The number of benzene rings is 3. The van der Waals surface area contributed by atoms with Crippen LogP contribution < -0.4 is 20.1 Å². The van der Waals surface area contributed by atoms with E-state index < -0.39 is 0 Å². The van der Waals surface area contributed by atoms with Gasteiger partial charge in [-0.05, 0) is 42.0 Å². The summed E-state index contributed by atoms with van der Waals surface area (Å²) in [5.41, 5.74) is 3.23. The van der Waals surface area contributed by atoms with Gasteiger partial charge in [0.15, 0.2) is 0 Å². The standard InChI is InChI=1S/C22H24N2O2/c1-25-20-13-11-19(12-14-20)23-15-16-24-21-9-5-6-10-22(21)26-17-18-7-3-2-4-8-18/h2-14,23-24H,15-17H2,1H3. The molecule has 0 heterocycles. The van der Waals surface area contributed by atoms with Gasteiger partial charge < -0.3 is 20.1 Å². The van der Waals surface area contributed by atoms with Crippen molar-refractivity contribution in [1.82, 2.24) is 0 Å². The van der Waals surface area contributed by atoms with E-state index in [4.69, 9.17) is 9.47 Å². The van der Waals surface area contributed by atoms with Crippen molar-refractivity contribution in [2.24, 2.45) is 0 Å². The Bertz CT molecular complexity index is 789. The van der Waals surface area contributed by atoms with Gasteiger partial charge in [-0.1, -0.05) is 42.5 Å². The second-order valence-corrected chi connectivity index (χ2v) is 5.85. The molecule has 0 saturated heterocycles. The van der Waals surface area contributed by atoms with Gasteiger partial charge in [-0.25, -0.2) is 0 Å². The fourth-order valence-electron chi connectivity index (χ4n) is 2.59. The van der Waals surface area contributed by atoms with E-state index in [2.05, 4.69) is 22.8 Å². The van der Waals surface area contributed by atoms with Crippen LogP contribution in [-0.2, 0) is 6.61 Å². The van der Waals surface area contributed by atoms with Gasteiger partial charge in [0, 0.05) is 18.8 Å². The van der Waals surface area contributed by atoms with Crippen LogP contribution in [0.5, 0.6) is 11.5 Å². The molecule has 0 fully saturated rings. The molecule has 0 aliphatic heterocycles. The largest absolute Gasteiger partial charge is 0.497 e. The number of hydrogen-bond acceptors (Lipinski definition) is 4. The van der Waals surface area contributed by atoms with Crippen molar-refractivity contribution in [3.8, 4) is 11.5 Å². The van der Waals surface area contributed by atoms with Crippen molar-refractivity contribution in [3.63, 3.8) is 0 Å². The van der Waals surface area contributed by atoms with E-state index in [0.717, 1.165) is 41.5 Å². The molecule has 134 valence electrons. The lowest BCUT2D eigenvalue weighted by atomic mass is 10.2. The monoisotopic (exact) mass is 348 g/mol. The third-order valence-electron chi connectivity index (χ3n) is 3.98. The molecule has 0 radical (unpaired) electrons. The Hall–Kier alpha value is -3.14. The van der Waals surface area contributed by atoms with Gasteiger partial charge in [-0.3, -0.25) is 0 Å². The van der Waals surface area contributed by atoms with Crippen LogP contribution in [0.3, 0.4) is 0 Å². The third kappa shape index (κ3) is 5.18. The van der Waals surface area contributed by atoms with Crippen LogP contribution in [0.1, 0.15) is 5.56 Å². The molecule has 0 saturated carbocycles. The Balaban J connectivity index is 1.48. The first-order valence-electron chi connectivity index (χ1n) is 8.73. The predicted octanol–water partition coefficient (Wildman–Crippen LogP) is 4.80. The highest BCUT2D eigenvalue weighted by molar-refractivity contribution is 5.56. The molecular formula is C22H24N2O2. The van der Waals surface area contributed by atoms with Gasteiger partial charge in [-0.15, -0.1) is 0 Å². The molecule has 4 heteroatoms. The van der Waals surface area contributed by atoms with Gasteiger partial charge in [-0.2, -0.15) is 0 Å². The zero-order valence-electron chi connectivity index (χ0n) is 14.9. The molecule has 0 atom stereocenters. The molecule has 0 aromatic heterocycles. The molecule has 0 aliphatic rings. The molecule has 26 heavy (non-hydrogen) atoms. The van der Waals surface area contributed by atoms with E-state index in [-0.39, 0.29) is 0 Å². The summed E-state index contributed by atoms with van der Waals surface area (Å²) in [6.07, 6.45) is 0. The number of ether oxygens (including phenoxy) is 2. The second-order valence-electron chi connectivity index (χ2n) is 5.85. The van der Waals surface area contributed by atoms with Crippen LogP contribution in [-0.4, -0.2) is 20.2 Å². The molecule has 0 spiro atoms. The minimum absolute atomic E-state index is 0.559. The number of rotatable bonds is 9. The fraction of sp³-hybridized carbons (Fsp3) is 0.182. The normalized spacial score (nSPS) is 10.2. The van der Waals surface area contributed by atoms with Crippen LogP contribution in [0, 0.1) is 0 Å². The van der Waals surface area contributed by atoms with Crippen LogP contribution >= 0.6 is 0 Å². The molecule has 3 rings (SSSR count). The second kappa shape index (κ2) is 9.37. The lowest BCUT2D eigenvalue weighted by molar-refractivity contribution is 0.307. The van der Waals surface area contributed by atoms with E-state index >= 15 is 0 Å². The summed E-state index contributed by atoms with van der Waals surface area (Å²) < 4.78 is 11.1. The Kier molecular flexibility index (Phi) is 6.37. The highest BCUT2D eigenvalue weighted by Crippen LogP contribution is 2.24. The van der Waals surface area contributed by atoms with Crippen LogP contribution in [0.4, 0.5) is 11.4 Å². The van der Waals surface area contributed by atoms with E-state index in [9.17, 15) is 0 Å². The van der Waals surface area contributed by atoms with E-state index in [1.54, 1.807) is 7.11 Å². The highest BCUT2D eigenvalue weighted by Gasteiger charge is 2.03. The summed E-state index contributed by atoms with van der Waals surface area (Å²) in [7, 11) is 1.67. The summed E-state index contributed by atoms with van der Waals surface area (Å²) in [5.74, 6) is 1.72. The summed E-state index contributed by atoms with van der Waals surface area (Å²) >= 11 is 0. The van der Waals surface area contributed by atoms with Gasteiger partial charge in [0.25, 0.3) is 0 Å². The molecular weight excluding hydrogens is 324 g/mol. The average molecular weight is 348 g/mol. The maximum absolute atomic E-state index is 5.97. The third-order valence-corrected chi connectivity index (χ3v) is 3.98. The van der Waals surface area contributed by atoms with Gasteiger partial charge in [0.2, 0.25) is 0 Å². The van der Waals surface area contributed by atoms with Crippen LogP contribution in [0.25, 0.3) is 0 Å². The van der Waals surface area contributed by atoms with Crippen LogP contribution in [0.15, 0.2) is 78.9 Å². The topological polar surface area (TPSA) is 42.5 Å². The van der Waals surface area contributed by atoms with Crippen molar-refractivity contribution >= 4 is 11.4 Å². The lowest BCUT2D eigenvalue weighted by Crippen LogP contribution is -2.14. The summed E-state index contributed by atoms with van der Waals surface area (Å²) in [6, 6.07) is 26.1. The molecule has 3 aromatic carbocycles. The van der Waals surface area contributed by atoms with Crippen molar-refractivity contribution in [2.45, 2.75) is 6.61 Å². The maximum atomic E-state index is 5.97. The SMILES string of the molecule is COc1ccc(NCCNc2ccccc2OCc2ccccc2)cc1. The Morgan fingerprint density at radius 3 is 2.19 bits per heavy atom. The van der Waals surface area contributed by atoms with Gasteiger partial charge in [0.05, 0.1) is 12.8 Å². The number of para-hydroxylation sites is 2. The molecule has 4 nitrogen and oxygen atoms in total. The predicted molar refractivity (Wildman–Crippen MR) is 107 cm³/mol. The van der Waals surface area contributed by atoms with Gasteiger partial charge in [0.1, 0.15) is 18.1 Å². The number of methoxy groups -OCH3 is 1. The summed E-state index contributed by atoms with van der Waals surface area (Å²) in [6.45, 7) is 2.15. The van der Waals surface area contributed by atoms with Crippen molar-refractivity contribution in [3.05, 3.63) is 84.4 Å². The first-order valence-corrected chi connectivity index (χ1v) is 8.73. The number of hydrogen-bond donors (Lipinski definition) is 2. The smallest absolute Gasteiger partial charge is 0.142 e. The molecule has 0 unspecified atom stereocenters. The van der Waals surface area contributed by atoms with Crippen molar-refractivity contribution in [2.75, 3.05) is 30.8 Å². The lowest BCUT2D eigenvalue weighted by Gasteiger charge is -2.14. The Labute approximate surface area is 154 Å².